The van der Waals surface area contributed by atoms with Gasteiger partial charge in [0.05, 0.1) is 11.4 Å². The number of carbonyl (C=O) groups excluding carboxylic acids is 1. The number of amides is 1. The average molecular weight is 396 g/mol. The molecule has 2 aromatic rings. The zero-order valence-corrected chi connectivity index (χ0v) is 17.2. The summed E-state index contributed by atoms with van der Waals surface area (Å²) >= 11 is 1.68. The number of likely N-dealkylation sites (N-methyl/N-ethyl adjacent to an activating group) is 1. The molecule has 0 aliphatic heterocycles. The normalized spacial score (nSPS) is 11.9. The van der Waals surface area contributed by atoms with E-state index < -0.39 is 10.0 Å². The highest BCUT2D eigenvalue weighted by Gasteiger charge is 2.21. The Morgan fingerprint density at radius 3 is 2.46 bits per heavy atom. The van der Waals surface area contributed by atoms with E-state index in [4.69, 9.17) is 0 Å². The first-order valence-electron chi connectivity index (χ1n) is 8.20. The fourth-order valence-corrected chi connectivity index (χ4v) is 4.56. The molecule has 1 aromatic carbocycles. The zero-order valence-electron chi connectivity index (χ0n) is 15.5. The van der Waals surface area contributed by atoms with E-state index >= 15 is 0 Å². The third kappa shape index (κ3) is 5.14. The standard InChI is InChI=1S/C18H25N3O3S2/c1-14-9-10-25-16(14)12-21(4)13-18(22)19-11-15-7-5-6-8-17(15)26(23,24)20(2)3/h5-10H,11-13H2,1-4H3,(H,19,22). The number of nitrogens with zero attached hydrogens (tertiary/aromatic N) is 2. The van der Waals surface area contributed by atoms with Gasteiger partial charge in [0.25, 0.3) is 0 Å². The van der Waals surface area contributed by atoms with Crippen LogP contribution >= 0.6 is 11.3 Å². The van der Waals surface area contributed by atoms with E-state index in [1.54, 1.807) is 35.6 Å². The molecule has 0 saturated heterocycles. The van der Waals surface area contributed by atoms with Crippen LogP contribution in [0.4, 0.5) is 0 Å². The highest BCUT2D eigenvalue weighted by atomic mass is 32.2. The summed E-state index contributed by atoms with van der Waals surface area (Å²) < 4.78 is 26.0. The van der Waals surface area contributed by atoms with Crippen molar-refractivity contribution in [2.75, 3.05) is 27.7 Å². The van der Waals surface area contributed by atoms with Crippen LogP contribution in [0.25, 0.3) is 0 Å². The highest BCUT2D eigenvalue weighted by molar-refractivity contribution is 7.89. The lowest BCUT2D eigenvalue weighted by atomic mass is 10.2. The monoisotopic (exact) mass is 395 g/mol. The van der Waals surface area contributed by atoms with Crippen LogP contribution in [0.1, 0.15) is 16.0 Å². The van der Waals surface area contributed by atoms with Crippen LogP contribution in [-0.2, 0) is 27.9 Å². The number of rotatable bonds is 8. The van der Waals surface area contributed by atoms with E-state index in [1.807, 2.05) is 17.3 Å². The first-order valence-corrected chi connectivity index (χ1v) is 10.5. The number of thiophene rings is 1. The first kappa shape index (κ1) is 20.6. The number of sulfonamides is 1. The van der Waals surface area contributed by atoms with Crippen LogP contribution in [0.5, 0.6) is 0 Å². The summed E-state index contributed by atoms with van der Waals surface area (Å²) in [6.07, 6.45) is 0. The van der Waals surface area contributed by atoms with Gasteiger partial charge in [0, 0.05) is 32.1 Å². The lowest BCUT2D eigenvalue weighted by Crippen LogP contribution is -2.35. The minimum atomic E-state index is -3.54. The van der Waals surface area contributed by atoms with E-state index in [1.165, 1.54) is 28.8 Å². The Labute approximate surface area is 159 Å². The molecule has 0 spiro atoms. The molecule has 8 heteroatoms. The second-order valence-electron chi connectivity index (χ2n) is 6.37. The molecule has 142 valence electrons. The predicted octanol–water partition coefficient (Wildman–Crippen LogP) is 2.06. The van der Waals surface area contributed by atoms with E-state index in [0.717, 1.165) is 0 Å². The molecule has 1 aromatic heterocycles. The second kappa shape index (κ2) is 8.77. The molecule has 1 amide bonds. The second-order valence-corrected chi connectivity index (χ2v) is 9.49. The maximum atomic E-state index is 12.4. The van der Waals surface area contributed by atoms with Gasteiger partial charge >= 0.3 is 0 Å². The Hall–Kier alpha value is -1.74. The molecule has 0 bridgehead atoms. The van der Waals surface area contributed by atoms with Gasteiger partial charge in [-0.15, -0.1) is 11.3 Å². The third-order valence-electron chi connectivity index (χ3n) is 4.00. The molecule has 0 unspecified atom stereocenters. The van der Waals surface area contributed by atoms with Crippen molar-refractivity contribution < 1.29 is 13.2 Å². The first-order chi connectivity index (χ1) is 12.2. The fraction of sp³-hybridized carbons (Fsp3) is 0.389. The van der Waals surface area contributed by atoms with Crippen molar-refractivity contribution in [1.82, 2.24) is 14.5 Å². The van der Waals surface area contributed by atoms with Crippen LogP contribution in [0, 0.1) is 6.92 Å². The predicted molar refractivity (Wildman–Crippen MR) is 105 cm³/mol. The summed E-state index contributed by atoms with van der Waals surface area (Å²) in [5, 5.41) is 4.86. The number of carbonyl (C=O) groups is 1. The Balaban J connectivity index is 1.97. The van der Waals surface area contributed by atoms with Crippen LogP contribution in [-0.4, -0.2) is 51.2 Å². The van der Waals surface area contributed by atoms with Gasteiger partial charge in [-0.3, -0.25) is 9.69 Å². The van der Waals surface area contributed by atoms with Crippen molar-refractivity contribution in [2.24, 2.45) is 0 Å². The molecule has 0 atom stereocenters. The van der Waals surface area contributed by atoms with Gasteiger partial charge in [0.15, 0.2) is 0 Å². The lowest BCUT2D eigenvalue weighted by molar-refractivity contribution is -0.122. The number of hydrogen-bond acceptors (Lipinski definition) is 5. The number of nitrogens with one attached hydrogen (secondary N) is 1. The summed E-state index contributed by atoms with van der Waals surface area (Å²) in [7, 11) is 1.33. The molecule has 0 saturated carbocycles. The molecular formula is C18H25N3O3S2. The molecule has 1 heterocycles. The minimum Gasteiger partial charge on any atom is -0.351 e. The largest absolute Gasteiger partial charge is 0.351 e. The quantitative estimate of drug-likeness (QED) is 0.743. The minimum absolute atomic E-state index is 0.140. The van der Waals surface area contributed by atoms with Gasteiger partial charge in [0.1, 0.15) is 0 Å². The molecule has 0 radical (unpaired) electrons. The maximum Gasteiger partial charge on any atom is 0.242 e. The molecule has 0 aliphatic rings. The molecule has 2 rings (SSSR count). The van der Waals surface area contributed by atoms with E-state index in [9.17, 15) is 13.2 Å². The van der Waals surface area contributed by atoms with Crippen LogP contribution in [0.15, 0.2) is 40.6 Å². The van der Waals surface area contributed by atoms with Crippen molar-refractivity contribution in [3.63, 3.8) is 0 Å². The SMILES string of the molecule is Cc1ccsc1CN(C)CC(=O)NCc1ccccc1S(=O)(=O)N(C)C. The molecular weight excluding hydrogens is 370 g/mol. The fourth-order valence-electron chi connectivity index (χ4n) is 2.46. The summed E-state index contributed by atoms with van der Waals surface area (Å²) in [4.78, 5) is 15.6. The zero-order chi connectivity index (χ0) is 19.3. The van der Waals surface area contributed by atoms with Gasteiger partial charge in [-0.25, -0.2) is 12.7 Å². The van der Waals surface area contributed by atoms with Gasteiger partial charge in [-0.1, -0.05) is 18.2 Å². The van der Waals surface area contributed by atoms with Gasteiger partial charge in [0.2, 0.25) is 15.9 Å². The molecule has 1 N–H and O–H groups in total. The Morgan fingerprint density at radius 2 is 1.85 bits per heavy atom. The van der Waals surface area contributed by atoms with Crippen LogP contribution in [0.2, 0.25) is 0 Å². The van der Waals surface area contributed by atoms with Gasteiger partial charge < -0.3 is 5.32 Å². The Kier molecular flexibility index (Phi) is 6.94. The summed E-state index contributed by atoms with van der Waals surface area (Å²) in [6.45, 7) is 3.19. The van der Waals surface area contributed by atoms with Crippen molar-refractivity contribution in [2.45, 2.75) is 24.9 Å². The topological polar surface area (TPSA) is 69.7 Å². The van der Waals surface area contributed by atoms with Gasteiger partial charge in [-0.05, 0) is 42.6 Å². The molecule has 0 aliphatic carbocycles. The van der Waals surface area contributed by atoms with Crippen LogP contribution < -0.4 is 5.32 Å². The lowest BCUT2D eigenvalue weighted by Gasteiger charge is -2.17. The molecule has 0 fully saturated rings. The van der Waals surface area contributed by atoms with E-state index in [-0.39, 0.29) is 23.9 Å². The summed E-state index contributed by atoms with van der Waals surface area (Å²) in [6, 6.07) is 8.79. The van der Waals surface area contributed by atoms with Crippen molar-refractivity contribution in [1.29, 1.82) is 0 Å². The molecule has 26 heavy (non-hydrogen) atoms. The highest BCUT2D eigenvalue weighted by Crippen LogP contribution is 2.19. The van der Waals surface area contributed by atoms with Crippen molar-refractivity contribution >= 4 is 27.3 Å². The summed E-state index contributed by atoms with van der Waals surface area (Å²) in [5.41, 5.74) is 1.80. The number of benzene rings is 1. The number of hydrogen-bond donors (Lipinski definition) is 1. The number of aryl methyl sites for hydroxylation is 1. The Morgan fingerprint density at radius 1 is 1.15 bits per heavy atom. The average Bonchev–Trinajstić information content (AvgIpc) is 2.97. The smallest absolute Gasteiger partial charge is 0.242 e. The maximum absolute atomic E-state index is 12.4. The van der Waals surface area contributed by atoms with E-state index in [0.29, 0.717) is 12.1 Å². The Bertz CT molecular complexity index is 860. The van der Waals surface area contributed by atoms with Crippen molar-refractivity contribution in [3.05, 3.63) is 51.7 Å². The third-order valence-corrected chi connectivity index (χ3v) is 6.93. The van der Waals surface area contributed by atoms with E-state index in [2.05, 4.69) is 18.3 Å². The van der Waals surface area contributed by atoms with Gasteiger partial charge in [-0.2, -0.15) is 0 Å². The van der Waals surface area contributed by atoms with Crippen molar-refractivity contribution in [3.8, 4) is 0 Å². The molecule has 6 nitrogen and oxygen atoms in total. The summed E-state index contributed by atoms with van der Waals surface area (Å²) in [5.74, 6) is -0.140. The van der Waals surface area contributed by atoms with Crippen LogP contribution in [0.3, 0.4) is 0 Å².